The fraction of sp³-hybridized carbons (Fsp3) is 0.235. The maximum atomic E-state index is 5.91. The number of nitrogens with one attached hydrogen (secondary N) is 1. The van der Waals surface area contributed by atoms with Crippen molar-refractivity contribution in [1.82, 2.24) is 5.32 Å². The number of benzene rings is 2. The topological polar surface area (TPSA) is 68.9 Å². The monoisotopic (exact) mass is 503 g/mol. The number of hydrogen-bond acceptors (Lipinski definition) is 3. The Balaban J connectivity index is 0.00000208. The van der Waals surface area contributed by atoms with E-state index in [4.69, 9.17) is 15.2 Å². The Morgan fingerprint density at radius 3 is 2.75 bits per heavy atom. The van der Waals surface area contributed by atoms with E-state index < -0.39 is 0 Å². The molecule has 1 aliphatic heterocycles. The van der Waals surface area contributed by atoms with Gasteiger partial charge in [0.05, 0.1) is 11.0 Å². The van der Waals surface area contributed by atoms with Crippen molar-refractivity contribution in [2.75, 3.05) is 13.3 Å². The van der Waals surface area contributed by atoms with Crippen molar-refractivity contribution in [3.05, 3.63) is 58.1 Å². The first-order chi connectivity index (χ1) is 11.2. The lowest BCUT2D eigenvalue weighted by atomic mass is 10.1. The van der Waals surface area contributed by atoms with Gasteiger partial charge in [0.15, 0.2) is 17.5 Å². The average molecular weight is 504 g/mol. The van der Waals surface area contributed by atoms with Crippen LogP contribution in [0.2, 0.25) is 0 Å². The van der Waals surface area contributed by atoms with Crippen LogP contribution in [0, 0.1) is 0 Å². The number of ether oxygens (including phenoxy) is 2. The summed E-state index contributed by atoms with van der Waals surface area (Å²) in [7, 11) is 0. The van der Waals surface area contributed by atoms with Crippen LogP contribution in [0.1, 0.15) is 11.1 Å². The first kappa shape index (κ1) is 18.9. The van der Waals surface area contributed by atoms with Crippen LogP contribution in [0.25, 0.3) is 0 Å². The van der Waals surface area contributed by atoms with Crippen molar-refractivity contribution in [2.45, 2.75) is 13.0 Å². The van der Waals surface area contributed by atoms with Crippen LogP contribution in [0.4, 0.5) is 0 Å². The molecule has 0 aliphatic carbocycles. The highest BCUT2D eigenvalue weighted by Crippen LogP contribution is 2.40. The molecule has 2 aromatic carbocycles. The van der Waals surface area contributed by atoms with Crippen molar-refractivity contribution < 1.29 is 9.47 Å². The molecule has 3 N–H and O–H groups in total. The lowest BCUT2D eigenvalue weighted by Crippen LogP contribution is -2.33. The van der Waals surface area contributed by atoms with E-state index in [0.717, 1.165) is 34.5 Å². The van der Waals surface area contributed by atoms with E-state index in [1.54, 1.807) is 0 Å². The van der Waals surface area contributed by atoms with Gasteiger partial charge in [-0.2, -0.15) is 0 Å². The standard InChI is InChI=1S/C17H18BrN3O2.HI/c18-14-8-13(9-15-16(14)23-11-22-15)10-21-17(19)20-7-6-12-4-2-1-3-5-12;/h1-5,8-9H,6-7,10-11H2,(H3,19,20,21);1H. The van der Waals surface area contributed by atoms with Gasteiger partial charge in [0.2, 0.25) is 6.79 Å². The van der Waals surface area contributed by atoms with Gasteiger partial charge in [0, 0.05) is 6.54 Å². The zero-order valence-corrected chi connectivity index (χ0v) is 16.9. The molecule has 0 aromatic heterocycles. The maximum Gasteiger partial charge on any atom is 0.231 e. The normalized spacial score (nSPS) is 12.6. The summed E-state index contributed by atoms with van der Waals surface area (Å²) in [5, 5.41) is 3.13. The fourth-order valence-corrected chi connectivity index (χ4v) is 2.93. The molecule has 24 heavy (non-hydrogen) atoms. The van der Waals surface area contributed by atoms with Gasteiger partial charge in [0.1, 0.15) is 0 Å². The third kappa shape index (κ3) is 5.01. The largest absolute Gasteiger partial charge is 0.454 e. The predicted molar refractivity (Wildman–Crippen MR) is 109 cm³/mol. The van der Waals surface area contributed by atoms with E-state index in [2.05, 4.69) is 38.4 Å². The molecule has 0 unspecified atom stereocenters. The molecule has 0 atom stereocenters. The second kappa shape index (κ2) is 9.12. The Morgan fingerprint density at radius 2 is 1.96 bits per heavy atom. The van der Waals surface area contributed by atoms with E-state index in [1.165, 1.54) is 5.56 Å². The number of rotatable bonds is 5. The molecule has 0 radical (unpaired) electrons. The Bertz CT molecular complexity index is 710. The van der Waals surface area contributed by atoms with Crippen LogP contribution < -0.4 is 20.5 Å². The summed E-state index contributed by atoms with van der Waals surface area (Å²) in [6, 6.07) is 14.2. The second-order valence-electron chi connectivity index (χ2n) is 5.18. The minimum Gasteiger partial charge on any atom is -0.454 e. The highest BCUT2D eigenvalue weighted by molar-refractivity contribution is 14.0. The van der Waals surface area contributed by atoms with Gasteiger partial charge in [0.25, 0.3) is 0 Å². The molecule has 1 aliphatic rings. The number of nitrogens with zero attached hydrogens (tertiary/aromatic N) is 1. The second-order valence-corrected chi connectivity index (χ2v) is 6.03. The Morgan fingerprint density at radius 1 is 1.17 bits per heavy atom. The van der Waals surface area contributed by atoms with E-state index in [9.17, 15) is 0 Å². The highest BCUT2D eigenvalue weighted by atomic mass is 127. The Hall–Kier alpha value is -1.48. The van der Waals surface area contributed by atoms with Crippen molar-refractivity contribution >= 4 is 45.9 Å². The Labute approximate surface area is 166 Å². The quantitative estimate of drug-likeness (QED) is 0.372. The van der Waals surface area contributed by atoms with E-state index >= 15 is 0 Å². The SMILES string of the molecule is I.NC(=NCc1cc(Br)c2c(c1)OCO2)NCCc1ccccc1. The minimum absolute atomic E-state index is 0. The predicted octanol–water partition coefficient (Wildman–Crippen LogP) is 3.44. The molecule has 2 aromatic rings. The number of nitrogens with two attached hydrogens (primary N) is 1. The van der Waals surface area contributed by atoms with Crippen LogP contribution in [0.15, 0.2) is 51.9 Å². The average Bonchev–Trinajstić information content (AvgIpc) is 3.03. The Kier molecular flexibility index (Phi) is 7.16. The summed E-state index contributed by atoms with van der Waals surface area (Å²) in [6.07, 6.45) is 0.909. The summed E-state index contributed by atoms with van der Waals surface area (Å²) in [5.74, 6) is 1.92. The summed E-state index contributed by atoms with van der Waals surface area (Å²) in [5.41, 5.74) is 8.19. The smallest absolute Gasteiger partial charge is 0.231 e. The van der Waals surface area contributed by atoms with Crippen LogP contribution in [0.5, 0.6) is 11.5 Å². The molecule has 5 nitrogen and oxygen atoms in total. The van der Waals surface area contributed by atoms with Gasteiger partial charge < -0.3 is 20.5 Å². The molecule has 7 heteroatoms. The number of guanidine groups is 1. The van der Waals surface area contributed by atoms with Gasteiger partial charge in [-0.3, -0.25) is 0 Å². The van der Waals surface area contributed by atoms with Crippen LogP contribution in [-0.2, 0) is 13.0 Å². The fourth-order valence-electron chi connectivity index (χ4n) is 2.32. The van der Waals surface area contributed by atoms with Crippen LogP contribution >= 0.6 is 39.9 Å². The summed E-state index contributed by atoms with van der Waals surface area (Å²) in [4.78, 5) is 4.36. The number of aliphatic imine (C=N–C) groups is 1. The molecule has 0 bridgehead atoms. The number of hydrogen-bond donors (Lipinski definition) is 2. The maximum absolute atomic E-state index is 5.91. The molecule has 0 spiro atoms. The molecule has 1 heterocycles. The van der Waals surface area contributed by atoms with Crippen molar-refractivity contribution in [3.63, 3.8) is 0 Å². The minimum atomic E-state index is 0. The van der Waals surface area contributed by atoms with E-state index in [-0.39, 0.29) is 30.8 Å². The lowest BCUT2D eigenvalue weighted by Gasteiger charge is -2.07. The molecule has 3 rings (SSSR count). The molecule has 0 amide bonds. The zero-order chi connectivity index (χ0) is 16.1. The number of fused-ring (bicyclic) bond motifs is 1. The summed E-state index contributed by atoms with van der Waals surface area (Å²) >= 11 is 3.47. The third-order valence-electron chi connectivity index (χ3n) is 3.48. The lowest BCUT2D eigenvalue weighted by molar-refractivity contribution is 0.173. The van der Waals surface area contributed by atoms with Crippen LogP contribution in [0.3, 0.4) is 0 Å². The first-order valence-electron chi connectivity index (χ1n) is 7.38. The summed E-state index contributed by atoms with van der Waals surface area (Å²) < 4.78 is 11.6. The van der Waals surface area contributed by atoms with E-state index in [0.29, 0.717) is 12.5 Å². The summed E-state index contributed by atoms with van der Waals surface area (Å²) in [6.45, 7) is 1.49. The molecular formula is C17H19BrIN3O2. The third-order valence-corrected chi connectivity index (χ3v) is 4.07. The zero-order valence-electron chi connectivity index (χ0n) is 13.0. The highest BCUT2D eigenvalue weighted by Gasteiger charge is 2.17. The van der Waals surface area contributed by atoms with Gasteiger partial charge in [-0.05, 0) is 45.6 Å². The first-order valence-corrected chi connectivity index (χ1v) is 8.17. The van der Waals surface area contributed by atoms with Gasteiger partial charge >= 0.3 is 0 Å². The van der Waals surface area contributed by atoms with Crippen molar-refractivity contribution in [3.8, 4) is 11.5 Å². The molecule has 0 fully saturated rings. The van der Waals surface area contributed by atoms with Crippen LogP contribution in [-0.4, -0.2) is 19.3 Å². The van der Waals surface area contributed by atoms with Gasteiger partial charge in [-0.1, -0.05) is 30.3 Å². The molecular weight excluding hydrogens is 485 g/mol. The molecule has 0 saturated carbocycles. The molecule has 128 valence electrons. The number of halogens is 2. The van der Waals surface area contributed by atoms with Crippen molar-refractivity contribution in [1.29, 1.82) is 0 Å². The molecule has 0 saturated heterocycles. The van der Waals surface area contributed by atoms with Gasteiger partial charge in [-0.25, -0.2) is 4.99 Å². The van der Waals surface area contributed by atoms with Gasteiger partial charge in [-0.15, -0.1) is 24.0 Å². The van der Waals surface area contributed by atoms with Crippen molar-refractivity contribution in [2.24, 2.45) is 10.7 Å². The van der Waals surface area contributed by atoms with E-state index in [1.807, 2.05) is 30.3 Å².